The number of anilines is 2. The van der Waals surface area contributed by atoms with Crippen LogP contribution in [0.15, 0.2) is 12.1 Å². The Morgan fingerprint density at radius 1 is 1.67 bits per heavy atom. The molecular weight excluding hydrogens is 198 g/mol. The van der Waals surface area contributed by atoms with E-state index < -0.39 is 4.92 Å². The number of nitro benzene ring substituents is 1. The number of fused-ring (bicyclic) bond motifs is 1. The first-order valence-corrected chi connectivity index (χ1v) is 4.55. The van der Waals surface area contributed by atoms with Gasteiger partial charge in [0.05, 0.1) is 22.7 Å². The van der Waals surface area contributed by atoms with Crippen molar-refractivity contribution in [2.45, 2.75) is 13.0 Å². The van der Waals surface area contributed by atoms with Gasteiger partial charge < -0.3 is 15.8 Å². The zero-order valence-corrected chi connectivity index (χ0v) is 8.19. The van der Waals surface area contributed by atoms with Gasteiger partial charge in [-0.15, -0.1) is 0 Å². The first kappa shape index (κ1) is 9.57. The average molecular weight is 209 g/mol. The van der Waals surface area contributed by atoms with E-state index in [0.29, 0.717) is 23.7 Å². The molecule has 1 atom stereocenters. The third-order valence-corrected chi connectivity index (χ3v) is 2.21. The predicted octanol–water partition coefficient (Wildman–Crippen LogP) is 1.37. The van der Waals surface area contributed by atoms with Crippen LogP contribution in [0.25, 0.3) is 0 Å². The van der Waals surface area contributed by atoms with Crippen LogP contribution in [0.5, 0.6) is 5.75 Å². The van der Waals surface area contributed by atoms with Crippen LogP contribution in [0.3, 0.4) is 0 Å². The summed E-state index contributed by atoms with van der Waals surface area (Å²) in [5, 5.41) is 13.7. The summed E-state index contributed by atoms with van der Waals surface area (Å²) in [7, 11) is 0. The van der Waals surface area contributed by atoms with Crippen LogP contribution in [0.2, 0.25) is 0 Å². The fraction of sp³-hybridized carbons (Fsp3) is 0.333. The summed E-state index contributed by atoms with van der Waals surface area (Å²) in [6, 6.07) is 2.86. The van der Waals surface area contributed by atoms with Crippen LogP contribution in [0.4, 0.5) is 17.1 Å². The molecule has 0 spiro atoms. The average Bonchev–Trinajstić information content (AvgIpc) is 2.18. The number of nitrogens with zero attached hydrogens (tertiary/aromatic N) is 1. The molecule has 80 valence electrons. The highest BCUT2D eigenvalue weighted by Crippen LogP contribution is 2.37. The largest absolute Gasteiger partial charge is 0.489 e. The van der Waals surface area contributed by atoms with E-state index in [0.717, 1.165) is 0 Å². The summed E-state index contributed by atoms with van der Waals surface area (Å²) in [5.74, 6) is 0.444. The van der Waals surface area contributed by atoms with E-state index in [2.05, 4.69) is 5.32 Å². The molecule has 3 N–H and O–H groups in total. The van der Waals surface area contributed by atoms with Crippen molar-refractivity contribution in [1.82, 2.24) is 0 Å². The summed E-state index contributed by atoms with van der Waals surface area (Å²) in [6.45, 7) is 2.43. The van der Waals surface area contributed by atoms with E-state index in [-0.39, 0.29) is 11.7 Å². The highest BCUT2D eigenvalue weighted by atomic mass is 16.6. The molecule has 6 nitrogen and oxygen atoms in total. The Bertz CT molecular complexity index is 419. The van der Waals surface area contributed by atoms with Gasteiger partial charge in [-0.2, -0.15) is 0 Å². The lowest BCUT2D eigenvalue weighted by molar-refractivity contribution is -0.384. The third kappa shape index (κ3) is 1.65. The number of nitrogen functional groups attached to an aromatic ring is 1. The van der Waals surface area contributed by atoms with Gasteiger partial charge >= 0.3 is 0 Å². The monoisotopic (exact) mass is 209 g/mol. The van der Waals surface area contributed by atoms with Crippen molar-refractivity contribution in [3.8, 4) is 5.75 Å². The van der Waals surface area contributed by atoms with Gasteiger partial charge in [-0.1, -0.05) is 0 Å². The Kier molecular flexibility index (Phi) is 2.11. The van der Waals surface area contributed by atoms with Crippen LogP contribution in [-0.4, -0.2) is 17.6 Å². The number of nitro groups is 1. The van der Waals surface area contributed by atoms with Crippen molar-refractivity contribution in [3.63, 3.8) is 0 Å². The molecule has 1 unspecified atom stereocenters. The van der Waals surface area contributed by atoms with Crippen molar-refractivity contribution >= 4 is 17.1 Å². The smallest absolute Gasteiger partial charge is 0.275 e. The molecule has 1 heterocycles. The number of nitrogens with two attached hydrogens (primary N) is 1. The molecule has 0 fully saturated rings. The minimum absolute atomic E-state index is 0.0531. The maximum atomic E-state index is 10.6. The summed E-state index contributed by atoms with van der Waals surface area (Å²) >= 11 is 0. The molecule has 0 radical (unpaired) electrons. The van der Waals surface area contributed by atoms with E-state index in [4.69, 9.17) is 10.5 Å². The summed E-state index contributed by atoms with van der Waals surface area (Å²) < 4.78 is 5.36. The van der Waals surface area contributed by atoms with Gasteiger partial charge in [0.25, 0.3) is 5.69 Å². The fourth-order valence-electron chi connectivity index (χ4n) is 1.50. The van der Waals surface area contributed by atoms with E-state index >= 15 is 0 Å². The molecule has 1 aliphatic rings. The standard InChI is InChI=1S/C9H11N3O3/c1-5-4-15-8-3-6(12(13)14)2-7(10)9(8)11-5/h2-3,5,11H,4,10H2,1H3. The number of hydrogen-bond donors (Lipinski definition) is 2. The number of nitrogens with one attached hydrogen (secondary N) is 1. The van der Waals surface area contributed by atoms with Gasteiger partial charge in [0, 0.05) is 6.07 Å². The van der Waals surface area contributed by atoms with E-state index in [9.17, 15) is 10.1 Å². The Morgan fingerprint density at radius 3 is 3.07 bits per heavy atom. The second-order valence-corrected chi connectivity index (χ2v) is 3.52. The first-order chi connectivity index (χ1) is 7.08. The minimum Gasteiger partial charge on any atom is -0.489 e. The van der Waals surface area contributed by atoms with Crippen LogP contribution >= 0.6 is 0 Å². The molecule has 0 saturated heterocycles. The molecule has 0 aromatic heterocycles. The van der Waals surface area contributed by atoms with Crippen LogP contribution in [-0.2, 0) is 0 Å². The van der Waals surface area contributed by atoms with Gasteiger partial charge in [0.15, 0.2) is 5.75 Å². The molecular formula is C9H11N3O3. The lowest BCUT2D eigenvalue weighted by Gasteiger charge is -2.25. The number of rotatable bonds is 1. The Morgan fingerprint density at radius 2 is 2.40 bits per heavy atom. The van der Waals surface area contributed by atoms with Crippen molar-refractivity contribution in [2.24, 2.45) is 0 Å². The summed E-state index contributed by atoms with van der Waals surface area (Å²) in [5.41, 5.74) is 6.62. The zero-order chi connectivity index (χ0) is 11.0. The maximum absolute atomic E-state index is 10.6. The molecule has 0 amide bonds. The number of hydrogen-bond acceptors (Lipinski definition) is 5. The SMILES string of the molecule is CC1COc2cc([N+](=O)[O-])cc(N)c2N1. The molecule has 0 bridgehead atoms. The zero-order valence-electron chi connectivity index (χ0n) is 8.19. The van der Waals surface area contributed by atoms with Crippen LogP contribution < -0.4 is 15.8 Å². The fourth-order valence-corrected chi connectivity index (χ4v) is 1.50. The second kappa shape index (κ2) is 3.30. The second-order valence-electron chi connectivity index (χ2n) is 3.52. The maximum Gasteiger partial charge on any atom is 0.275 e. The third-order valence-electron chi connectivity index (χ3n) is 2.21. The van der Waals surface area contributed by atoms with Gasteiger partial charge in [-0.3, -0.25) is 10.1 Å². The van der Waals surface area contributed by atoms with Crippen LogP contribution in [0, 0.1) is 10.1 Å². The molecule has 1 aliphatic heterocycles. The quantitative estimate of drug-likeness (QED) is 0.414. The van der Waals surface area contributed by atoms with Crippen molar-refractivity contribution in [3.05, 3.63) is 22.2 Å². The van der Waals surface area contributed by atoms with Crippen molar-refractivity contribution in [1.29, 1.82) is 0 Å². The molecule has 0 saturated carbocycles. The normalized spacial score (nSPS) is 18.6. The van der Waals surface area contributed by atoms with E-state index in [1.807, 2.05) is 6.92 Å². The number of benzene rings is 1. The lowest BCUT2D eigenvalue weighted by Crippen LogP contribution is -2.28. The van der Waals surface area contributed by atoms with E-state index in [1.165, 1.54) is 12.1 Å². The van der Waals surface area contributed by atoms with Gasteiger partial charge in [0.1, 0.15) is 12.3 Å². The molecule has 1 aromatic rings. The Balaban J connectivity index is 2.48. The Labute approximate surface area is 86.2 Å². The molecule has 2 rings (SSSR count). The topological polar surface area (TPSA) is 90.4 Å². The number of non-ortho nitro benzene ring substituents is 1. The predicted molar refractivity (Wildman–Crippen MR) is 56.1 cm³/mol. The highest BCUT2D eigenvalue weighted by Gasteiger charge is 2.21. The highest BCUT2D eigenvalue weighted by molar-refractivity contribution is 5.77. The van der Waals surface area contributed by atoms with Gasteiger partial charge in [-0.05, 0) is 6.92 Å². The Hall–Kier alpha value is -1.98. The van der Waals surface area contributed by atoms with Gasteiger partial charge in [-0.25, -0.2) is 0 Å². The van der Waals surface area contributed by atoms with Crippen molar-refractivity contribution in [2.75, 3.05) is 17.7 Å². The molecule has 15 heavy (non-hydrogen) atoms. The lowest BCUT2D eigenvalue weighted by atomic mass is 10.1. The summed E-state index contributed by atoms with van der Waals surface area (Å²) in [6.07, 6.45) is 0. The van der Waals surface area contributed by atoms with Crippen LogP contribution in [0.1, 0.15) is 6.92 Å². The van der Waals surface area contributed by atoms with E-state index in [1.54, 1.807) is 0 Å². The summed E-state index contributed by atoms with van der Waals surface area (Å²) in [4.78, 5) is 10.1. The van der Waals surface area contributed by atoms with Crippen molar-refractivity contribution < 1.29 is 9.66 Å². The molecule has 6 heteroatoms. The number of ether oxygens (including phenoxy) is 1. The minimum atomic E-state index is -0.488. The first-order valence-electron chi connectivity index (χ1n) is 4.55. The van der Waals surface area contributed by atoms with Gasteiger partial charge in [0.2, 0.25) is 0 Å². The molecule has 0 aliphatic carbocycles. The molecule has 1 aromatic carbocycles.